The average Bonchev–Trinajstić information content (AvgIpc) is 3.62. The summed E-state index contributed by atoms with van der Waals surface area (Å²) in [6, 6.07) is 29.4. The summed E-state index contributed by atoms with van der Waals surface area (Å²) in [5, 5.41) is 0.738. The maximum atomic E-state index is 11.7. The standard InChI is InChI=1S/C34H32ClN2O2S/c1-23(38)19-24-9-7-10-25(20-24)33-16-17-34(40-33)31-21-26(37(31)30-13-5-4-12-28(30)35)22-36-18-8-14-29(36)27-11-3-6-15-32(27)39-2/h3-7,9-13,15-17,20-21,29H,8,14,18-19,22H2,1-2H3/q+1. The van der Waals surface area contributed by atoms with E-state index < -0.39 is 0 Å². The molecule has 4 aromatic rings. The average molecular weight is 568 g/mol. The molecule has 2 aliphatic heterocycles. The third-order valence-corrected chi connectivity index (χ3v) is 9.15. The Kier molecular flexibility index (Phi) is 7.70. The van der Waals surface area contributed by atoms with Crippen LogP contribution in [0.1, 0.15) is 41.8 Å². The van der Waals surface area contributed by atoms with Crippen LogP contribution in [0.2, 0.25) is 5.02 Å². The normalized spacial score (nSPS) is 17.1. The minimum atomic E-state index is 0.174. The van der Waals surface area contributed by atoms with Gasteiger partial charge in [-0.2, -0.15) is 4.58 Å². The van der Waals surface area contributed by atoms with E-state index in [-0.39, 0.29) is 5.78 Å². The van der Waals surface area contributed by atoms with Gasteiger partial charge in [-0.1, -0.05) is 60.1 Å². The van der Waals surface area contributed by atoms with Crippen LogP contribution in [0.4, 0.5) is 5.69 Å². The van der Waals surface area contributed by atoms with Gasteiger partial charge >= 0.3 is 0 Å². The summed E-state index contributed by atoms with van der Waals surface area (Å²) in [7, 11) is 1.75. The van der Waals surface area contributed by atoms with Gasteiger partial charge in [-0.05, 0) is 67.8 Å². The first kappa shape index (κ1) is 26.7. The van der Waals surface area contributed by atoms with E-state index >= 15 is 0 Å². The van der Waals surface area contributed by atoms with E-state index in [1.165, 1.54) is 21.0 Å². The van der Waals surface area contributed by atoms with Crippen molar-refractivity contribution in [1.82, 2.24) is 4.90 Å². The number of carbonyl (C=O) groups excluding carboxylic acids is 1. The lowest BCUT2D eigenvalue weighted by molar-refractivity contribution is -0.344. The van der Waals surface area contributed by atoms with Crippen molar-refractivity contribution in [2.75, 3.05) is 20.2 Å². The van der Waals surface area contributed by atoms with Crippen molar-refractivity contribution >= 4 is 45.8 Å². The van der Waals surface area contributed by atoms with Crippen LogP contribution in [0.3, 0.4) is 0 Å². The van der Waals surface area contributed by atoms with Crippen molar-refractivity contribution in [2.45, 2.75) is 32.2 Å². The third kappa shape index (κ3) is 5.29. The first-order valence-electron chi connectivity index (χ1n) is 13.7. The maximum absolute atomic E-state index is 11.7. The summed E-state index contributed by atoms with van der Waals surface area (Å²) in [5.74, 6) is 1.13. The van der Waals surface area contributed by atoms with E-state index in [0.717, 1.165) is 59.2 Å². The fourth-order valence-corrected chi connectivity index (χ4v) is 7.09. The lowest BCUT2D eigenvalue weighted by atomic mass is 10.0. The molecule has 0 spiro atoms. The largest absolute Gasteiger partial charge is 0.496 e. The third-order valence-electron chi connectivity index (χ3n) is 7.67. The Bertz CT molecular complexity index is 1640. The van der Waals surface area contributed by atoms with Crippen LogP contribution in [0.5, 0.6) is 5.75 Å². The summed E-state index contributed by atoms with van der Waals surface area (Å²) in [6.07, 6.45) is 5.05. The number of ketones is 1. The topological polar surface area (TPSA) is 32.5 Å². The zero-order valence-corrected chi connectivity index (χ0v) is 24.3. The summed E-state index contributed by atoms with van der Waals surface area (Å²) < 4.78 is 8.03. The fraction of sp³-hybridized carbons (Fsp3) is 0.235. The van der Waals surface area contributed by atoms with Gasteiger partial charge in [0.05, 0.1) is 24.6 Å². The highest BCUT2D eigenvalue weighted by Gasteiger charge is 2.39. The van der Waals surface area contributed by atoms with Crippen LogP contribution in [-0.2, 0) is 11.2 Å². The molecule has 2 aliphatic rings. The van der Waals surface area contributed by atoms with E-state index in [0.29, 0.717) is 12.5 Å². The Morgan fingerprint density at radius 1 is 1.02 bits per heavy atom. The molecule has 0 N–H and O–H groups in total. The number of hydrogen-bond donors (Lipinski definition) is 0. The summed E-state index contributed by atoms with van der Waals surface area (Å²) in [4.78, 5) is 16.6. The molecule has 202 valence electrons. The lowest BCUT2D eigenvalue weighted by Gasteiger charge is -2.27. The second-order valence-corrected chi connectivity index (χ2v) is 11.9. The first-order valence-corrected chi connectivity index (χ1v) is 14.9. The van der Waals surface area contributed by atoms with Crippen molar-refractivity contribution in [3.8, 4) is 16.2 Å². The molecule has 0 bridgehead atoms. The van der Waals surface area contributed by atoms with Gasteiger partial charge in [-0.3, -0.25) is 9.69 Å². The van der Waals surface area contributed by atoms with Crippen molar-refractivity contribution < 1.29 is 14.1 Å². The predicted molar refractivity (Wildman–Crippen MR) is 165 cm³/mol. The van der Waals surface area contributed by atoms with Crippen LogP contribution < -0.4 is 4.74 Å². The molecule has 1 fully saturated rings. The molecule has 0 amide bonds. The number of rotatable bonds is 9. The van der Waals surface area contributed by atoms with Gasteiger partial charge in [0.1, 0.15) is 16.6 Å². The second kappa shape index (κ2) is 11.5. The molecule has 1 atom stereocenters. The maximum Gasteiger partial charge on any atom is 0.235 e. The van der Waals surface area contributed by atoms with Gasteiger partial charge in [0.25, 0.3) is 0 Å². The summed E-state index contributed by atoms with van der Waals surface area (Å²) >= 11 is 8.52. The van der Waals surface area contributed by atoms with Crippen molar-refractivity contribution in [2.24, 2.45) is 0 Å². The zero-order chi connectivity index (χ0) is 27.6. The number of likely N-dealkylation sites (tertiary alicyclic amines) is 1. The van der Waals surface area contributed by atoms with E-state index in [1.54, 1.807) is 25.4 Å². The molecular weight excluding hydrogens is 536 g/mol. The number of benzene rings is 3. The lowest BCUT2D eigenvalue weighted by Crippen LogP contribution is -2.36. The first-order chi connectivity index (χ1) is 19.5. The number of methoxy groups -OCH3 is 1. The predicted octanol–water partition coefficient (Wildman–Crippen LogP) is 8.19. The molecule has 3 aromatic carbocycles. The Morgan fingerprint density at radius 2 is 1.82 bits per heavy atom. The SMILES string of the molecule is COc1ccccc1C1CCCN1CC1=[N+](c2ccccc2Cl)C(c2ccc(-c3cccc(CC(C)=O)c3)s2)=C1. The van der Waals surface area contributed by atoms with Crippen molar-refractivity contribution in [3.05, 3.63) is 112 Å². The number of ether oxygens (including phenoxy) is 1. The van der Waals surface area contributed by atoms with Crippen LogP contribution in [0, 0.1) is 0 Å². The number of carbonyl (C=O) groups is 1. The number of nitrogens with zero attached hydrogens (tertiary/aromatic N) is 2. The summed E-state index contributed by atoms with van der Waals surface area (Å²) in [6.45, 7) is 3.52. The van der Waals surface area contributed by atoms with Crippen LogP contribution in [-0.4, -0.2) is 41.2 Å². The second-order valence-electron chi connectivity index (χ2n) is 10.4. The number of Topliss-reactive ketones (excluding diaryl/α,β-unsaturated/α-hetero) is 1. The quantitative estimate of drug-likeness (QED) is 0.191. The van der Waals surface area contributed by atoms with Crippen molar-refractivity contribution in [1.29, 1.82) is 0 Å². The van der Waals surface area contributed by atoms with E-state index in [4.69, 9.17) is 16.3 Å². The molecule has 1 saturated heterocycles. The highest BCUT2D eigenvalue weighted by molar-refractivity contribution is 7.16. The Labute approximate surface area is 244 Å². The highest BCUT2D eigenvalue weighted by atomic mass is 35.5. The van der Waals surface area contributed by atoms with Crippen LogP contribution in [0.25, 0.3) is 16.1 Å². The van der Waals surface area contributed by atoms with Crippen LogP contribution >= 0.6 is 22.9 Å². The molecule has 3 heterocycles. The van der Waals surface area contributed by atoms with E-state index in [2.05, 4.69) is 64.1 Å². The molecule has 1 unspecified atom stereocenters. The Hall–Kier alpha value is -3.51. The van der Waals surface area contributed by atoms with Crippen LogP contribution in [0.15, 0.2) is 91.0 Å². The van der Waals surface area contributed by atoms with Gasteiger partial charge in [0.2, 0.25) is 17.1 Å². The molecule has 0 radical (unpaired) electrons. The molecule has 0 aliphatic carbocycles. The minimum Gasteiger partial charge on any atom is -0.496 e. The molecule has 40 heavy (non-hydrogen) atoms. The smallest absolute Gasteiger partial charge is 0.235 e. The van der Waals surface area contributed by atoms with Crippen molar-refractivity contribution in [3.63, 3.8) is 0 Å². The molecule has 1 aromatic heterocycles. The number of hydrogen-bond acceptors (Lipinski definition) is 4. The number of para-hydroxylation sites is 2. The zero-order valence-electron chi connectivity index (χ0n) is 22.8. The van der Waals surface area contributed by atoms with Gasteiger partial charge in [0.15, 0.2) is 0 Å². The Morgan fingerprint density at radius 3 is 2.65 bits per heavy atom. The number of thiophene rings is 1. The monoisotopic (exact) mass is 567 g/mol. The molecule has 0 saturated carbocycles. The Balaban J connectivity index is 1.31. The minimum absolute atomic E-state index is 0.174. The highest BCUT2D eigenvalue weighted by Crippen LogP contribution is 2.42. The van der Waals surface area contributed by atoms with Gasteiger partial charge < -0.3 is 4.74 Å². The number of halogens is 1. The molecule has 6 heteroatoms. The molecular formula is C34H32ClN2O2S+. The fourth-order valence-electron chi connectivity index (χ4n) is 5.86. The molecule has 6 rings (SSSR count). The van der Waals surface area contributed by atoms with E-state index in [9.17, 15) is 4.79 Å². The van der Waals surface area contributed by atoms with E-state index in [1.807, 2.05) is 36.4 Å². The van der Waals surface area contributed by atoms with Gasteiger partial charge in [-0.15, -0.1) is 11.3 Å². The van der Waals surface area contributed by atoms with Gasteiger partial charge in [-0.25, -0.2) is 0 Å². The molecule has 4 nitrogen and oxygen atoms in total. The van der Waals surface area contributed by atoms with Gasteiger partial charge in [0, 0.05) is 29.0 Å². The summed E-state index contributed by atoms with van der Waals surface area (Å²) in [5.41, 5.74) is 6.84.